The molecular formula is C10H18N4O2S. The van der Waals surface area contributed by atoms with Crippen LogP contribution >= 0.6 is 0 Å². The smallest absolute Gasteiger partial charge is 0.279 e. The van der Waals surface area contributed by atoms with E-state index in [2.05, 4.69) is 16.1 Å². The highest BCUT2D eigenvalue weighted by atomic mass is 32.2. The van der Waals surface area contributed by atoms with Gasteiger partial charge in [0, 0.05) is 32.2 Å². The summed E-state index contributed by atoms with van der Waals surface area (Å²) in [6.45, 7) is 2.37. The zero-order valence-electron chi connectivity index (χ0n) is 9.72. The largest absolute Gasteiger partial charge is 0.314 e. The fourth-order valence-corrected chi connectivity index (χ4v) is 3.88. The molecule has 1 aliphatic heterocycles. The molecule has 0 radical (unpaired) electrons. The Balaban J connectivity index is 1.99. The van der Waals surface area contributed by atoms with Crippen LogP contribution in [0.15, 0.2) is 0 Å². The lowest BCUT2D eigenvalue weighted by Gasteiger charge is -2.28. The molecule has 7 heteroatoms. The Morgan fingerprint density at radius 2 is 2.00 bits per heavy atom. The van der Waals surface area contributed by atoms with E-state index in [4.69, 9.17) is 5.26 Å². The van der Waals surface area contributed by atoms with Crippen LogP contribution in [0.25, 0.3) is 0 Å². The number of hydrogen-bond acceptors (Lipinski definition) is 4. The van der Waals surface area contributed by atoms with Crippen LogP contribution in [0.5, 0.6) is 0 Å². The summed E-state index contributed by atoms with van der Waals surface area (Å²) in [6, 6.07) is 1.97. The molecule has 2 aliphatic rings. The average Bonchev–Trinajstić information content (AvgIpc) is 2.77. The minimum atomic E-state index is -3.42. The highest BCUT2D eigenvalue weighted by Gasteiger charge is 2.33. The van der Waals surface area contributed by atoms with Gasteiger partial charge in [0.05, 0.1) is 12.0 Å². The minimum absolute atomic E-state index is 0.173. The number of hydrogen-bond donors (Lipinski definition) is 2. The van der Waals surface area contributed by atoms with Crippen molar-refractivity contribution in [2.24, 2.45) is 5.92 Å². The van der Waals surface area contributed by atoms with E-state index in [1.807, 2.05) is 0 Å². The van der Waals surface area contributed by atoms with Crippen molar-refractivity contribution in [2.75, 3.05) is 26.2 Å². The van der Waals surface area contributed by atoms with E-state index >= 15 is 0 Å². The minimum Gasteiger partial charge on any atom is -0.314 e. The van der Waals surface area contributed by atoms with E-state index in [-0.39, 0.29) is 12.0 Å². The molecular weight excluding hydrogens is 240 g/mol. The fraction of sp³-hybridized carbons (Fsp3) is 0.900. The molecule has 0 spiro atoms. The Kier molecular flexibility index (Phi) is 3.99. The summed E-state index contributed by atoms with van der Waals surface area (Å²) in [5, 5.41) is 12.0. The molecule has 1 saturated carbocycles. The fourth-order valence-electron chi connectivity index (χ4n) is 2.41. The highest BCUT2D eigenvalue weighted by Crippen LogP contribution is 2.25. The van der Waals surface area contributed by atoms with Gasteiger partial charge < -0.3 is 5.32 Å². The summed E-state index contributed by atoms with van der Waals surface area (Å²) < 4.78 is 28.3. The topological polar surface area (TPSA) is 85.2 Å². The Bertz CT molecular complexity index is 397. The standard InChI is InChI=1S/C10H18N4O2S/c11-8-9-2-1-3-10(9)13-17(15,16)14-6-4-12-5-7-14/h9-10,12-13H,1-7H2. The van der Waals surface area contributed by atoms with Gasteiger partial charge in [-0.15, -0.1) is 0 Å². The molecule has 1 saturated heterocycles. The third-order valence-corrected chi connectivity index (χ3v) is 5.04. The summed E-state index contributed by atoms with van der Waals surface area (Å²) >= 11 is 0. The van der Waals surface area contributed by atoms with E-state index in [1.54, 1.807) is 0 Å². The van der Waals surface area contributed by atoms with Crippen LogP contribution in [-0.2, 0) is 10.2 Å². The van der Waals surface area contributed by atoms with Crippen LogP contribution in [0.2, 0.25) is 0 Å². The monoisotopic (exact) mass is 258 g/mol. The summed E-state index contributed by atoms with van der Waals surface area (Å²) in [5.41, 5.74) is 0. The zero-order valence-corrected chi connectivity index (χ0v) is 10.5. The molecule has 6 nitrogen and oxygen atoms in total. The van der Waals surface area contributed by atoms with Crippen LogP contribution in [-0.4, -0.2) is 44.9 Å². The molecule has 0 bridgehead atoms. The average molecular weight is 258 g/mol. The Labute approximate surface area is 102 Å². The Morgan fingerprint density at radius 3 is 2.65 bits per heavy atom. The molecule has 0 aromatic heterocycles. The van der Waals surface area contributed by atoms with Crippen molar-refractivity contribution in [3.05, 3.63) is 0 Å². The van der Waals surface area contributed by atoms with Gasteiger partial charge in [-0.2, -0.15) is 22.7 Å². The van der Waals surface area contributed by atoms with Gasteiger partial charge in [0.25, 0.3) is 10.2 Å². The molecule has 2 N–H and O–H groups in total. The number of nitrogens with zero attached hydrogens (tertiary/aromatic N) is 2. The first kappa shape index (κ1) is 12.8. The van der Waals surface area contributed by atoms with Gasteiger partial charge in [0.15, 0.2) is 0 Å². The first-order chi connectivity index (χ1) is 8.13. The summed E-state index contributed by atoms with van der Waals surface area (Å²) in [4.78, 5) is 0. The van der Waals surface area contributed by atoms with Gasteiger partial charge >= 0.3 is 0 Å². The van der Waals surface area contributed by atoms with Gasteiger partial charge in [-0.3, -0.25) is 0 Å². The van der Waals surface area contributed by atoms with Gasteiger partial charge in [-0.05, 0) is 12.8 Å². The molecule has 0 aromatic carbocycles. The summed E-state index contributed by atoms with van der Waals surface area (Å²) in [7, 11) is -3.42. The van der Waals surface area contributed by atoms with Crippen molar-refractivity contribution in [1.29, 1.82) is 5.26 Å². The summed E-state index contributed by atoms with van der Waals surface area (Å²) in [5.74, 6) is -0.173. The van der Waals surface area contributed by atoms with Gasteiger partial charge in [-0.25, -0.2) is 0 Å². The molecule has 2 unspecified atom stereocenters. The predicted molar refractivity (Wildman–Crippen MR) is 63.2 cm³/mol. The molecule has 2 fully saturated rings. The number of nitriles is 1. The van der Waals surface area contributed by atoms with Gasteiger partial charge in [0.1, 0.15) is 0 Å². The molecule has 1 heterocycles. The third-order valence-electron chi connectivity index (χ3n) is 3.40. The number of rotatable bonds is 3. The van der Waals surface area contributed by atoms with Crippen LogP contribution in [0.1, 0.15) is 19.3 Å². The van der Waals surface area contributed by atoms with Gasteiger partial charge in [0.2, 0.25) is 0 Å². The quantitative estimate of drug-likeness (QED) is 0.709. The zero-order chi connectivity index (χ0) is 12.3. The Morgan fingerprint density at radius 1 is 1.29 bits per heavy atom. The molecule has 17 heavy (non-hydrogen) atoms. The van der Waals surface area contributed by atoms with Gasteiger partial charge in [-0.1, -0.05) is 6.42 Å². The van der Waals surface area contributed by atoms with E-state index in [0.717, 1.165) is 19.3 Å². The molecule has 1 aliphatic carbocycles. The van der Waals surface area contributed by atoms with Crippen LogP contribution in [0.3, 0.4) is 0 Å². The molecule has 96 valence electrons. The van der Waals surface area contributed by atoms with Crippen molar-refractivity contribution in [3.8, 4) is 6.07 Å². The first-order valence-electron chi connectivity index (χ1n) is 6.01. The van der Waals surface area contributed by atoms with Crippen molar-refractivity contribution >= 4 is 10.2 Å². The third kappa shape index (κ3) is 2.96. The van der Waals surface area contributed by atoms with E-state index in [1.165, 1.54) is 4.31 Å². The Hall–Kier alpha value is -0.680. The first-order valence-corrected chi connectivity index (χ1v) is 7.45. The molecule has 2 rings (SSSR count). The highest BCUT2D eigenvalue weighted by molar-refractivity contribution is 7.87. The number of nitrogens with one attached hydrogen (secondary N) is 2. The lowest BCUT2D eigenvalue weighted by Crippen LogP contribution is -2.52. The van der Waals surface area contributed by atoms with E-state index in [0.29, 0.717) is 26.2 Å². The lowest BCUT2D eigenvalue weighted by atomic mass is 10.1. The molecule has 0 amide bonds. The second-order valence-corrected chi connectivity index (χ2v) is 6.25. The SMILES string of the molecule is N#CC1CCCC1NS(=O)(=O)N1CCNCC1. The number of piperazine rings is 1. The normalized spacial score (nSPS) is 31.2. The van der Waals surface area contributed by atoms with Crippen LogP contribution in [0.4, 0.5) is 0 Å². The van der Waals surface area contributed by atoms with Crippen molar-refractivity contribution in [1.82, 2.24) is 14.3 Å². The van der Waals surface area contributed by atoms with Crippen molar-refractivity contribution in [2.45, 2.75) is 25.3 Å². The van der Waals surface area contributed by atoms with E-state index in [9.17, 15) is 8.42 Å². The van der Waals surface area contributed by atoms with Crippen LogP contribution < -0.4 is 10.0 Å². The van der Waals surface area contributed by atoms with Crippen molar-refractivity contribution in [3.63, 3.8) is 0 Å². The summed E-state index contributed by atoms with van der Waals surface area (Å²) in [6.07, 6.45) is 2.49. The second kappa shape index (κ2) is 5.31. The lowest BCUT2D eigenvalue weighted by molar-refractivity contribution is 0.349. The maximum absolute atomic E-state index is 12.1. The molecule has 2 atom stereocenters. The van der Waals surface area contributed by atoms with Crippen molar-refractivity contribution < 1.29 is 8.42 Å². The molecule has 0 aromatic rings. The van der Waals surface area contributed by atoms with E-state index < -0.39 is 10.2 Å². The maximum atomic E-state index is 12.1. The maximum Gasteiger partial charge on any atom is 0.279 e. The van der Waals surface area contributed by atoms with Crippen LogP contribution in [0, 0.1) is 17.2 Å². The predicted octanol–water partition coefficient (Wildman–Crippen LogP) is -0.582. The second-order valence-electron chi connectivity index (χ2n) is 4.54.